The van der Waals surface area contributed by atoms with Crippen LogP contribution in [0.25, 0.3) is 0 Å². The maximum Gasteiger partial charge on any atom is 0.253 e. The quantitative estimate of drug-likeness (QED) is 0.803. The van der Waals surface area contributed by atoms with Gasteiger partial charge in [-0.25, -0.2) is 0 Å². The van der Waals surface area contributed by atoms with Crippen molar-refractivity contribution in [3.8, 4) is 0 Å². The predicted molar refractivity (Wildman–Crippen MR) is 106 cm³/mol. The van der Waals surface area contributed by atoms with E-state index in [1.807, 2.05) is 12.0 Å². The first kappa shape index (κ1) is 19.4. The zero-order chi connectivity index (χ0) is 19.6. The number of piperidine rings is 2. The highest BCUT2D eigenvalue weighted by molar-refractivity contribution is 5.94. The SMILES string of the molecule is CO[C@@H]1CCC[C@@]12CCCN(C(=O)C1CCN(C(=O)c3ccncc3)CC1)C2. The molecule has 2 atom stereocenters. The molecular weight excluding hydrogens is 354 g/mol. The van der Waals surface area contributed by atoms with E-state index in [4.69, 9.17) is 4.74 Å². The Hall–Kier alpha value is -1.95. The lowest BCUT2D eigenvalue weighted by atomic mass is 9.76. The van der Waals surface area contributed by atoms with Gasteiger partial charge in [0.25, 0.3) is 5.91 Å². The van der Waals surface area contributed by atoms with Crippen LogP contribution in [-0.2, 0) is 9.53 Å². The van der Waals surface area contributed by atoms with Gasteiger partial charge in [-0.15, -0.1) is 0 Å². The minimum atomic E-state index is 0.0408. The van der Waals surface area contributed by atoms with Gasteiger partial charge in [0.05, 0.1) is 6.10 Å². The Morgan fingerprint density at radius 1 is 1.04 bits per heavy atom. The van der Waals surface area contributed by atoms with Crippen LogP contribution >= 0.6 is 0 Å². The van der Waals surface area contributed by atoms with Gasteiger partial charge in [-0.3, -0.25) is 14.6 Å². The van der Waals surface area contributed by atoms with Crippen LogP contribution in [0.1, 0.15) is 55.3 Å². The molecule has 152 valence electrons. The largest absolute Gasteiger partial charge is 0.381 e. The van der Waals surface area contributed by atoms with Crippen molar-refractivity contribution in [2.75, 3.05) is 33.3 Å². The van der Waals surface area contributed by atoms with Crippen LogP contribution in [-0.4, -0.2) is 66.0 Å². The summed E-state index contributed by atoms with van der Waals surface area (Å²) in [6, 6.07) is 3.50. The van der Waals surface area contributed by atoms with Crippen LogP contribution in [0.5, 0.6) is 0 Å². The molecule has 28 heavy (non-hydrogen) atoms. The summed E-state index contributed by atoms with van der Waals surface area (Å²) in [5, 5.41) is 0. The lowest BCUT2D eigenvalue weighted by molar-refractivity contribution is -0.143. The van der Waals surface area contributed by atoms with E-state index in [9.17, 15) is 9.59 Å². The van der Waals surface area contributed by atoms with Gasteiger partial charge < -0.3 is 14.5 Å². The summed E-state index contributed by atoms with van der Waals surface area (Å²) >= 11 is 0. The standard InChI is InChI=1S/C22H31N3O3/c1-28-19-4-2-9-22(19)10-3-13-25(16-22)21(27)18-7-14-24(15-8-18)20(26)17-5-11-23-12-6-17/h5-6,11-12,18-19H,2-4,7-10,13-16H2,1H3/t19-,22+/m1/s1. The molecule has 1 spiro atoms. The molecule has 0 N–H and O–H groups in total. The Morgan fingerprint density at radius 3 is 2.46 bits per heavy atom. The zero-order valence-corrected chi connectivity index (χ0v) is 16.8. The fourth-order valence-electron chi connectivity index (χ4n) is 5.55. The van der Waals surface area contributed by atoms with Gasteiger partial charge in [-0.05, 0) is 50.7 Å². The van der Waals surface area contributed by atoms with Gasteiger partial charge in [0.15, 0.2) is 0 Å². The van der Waals surface area contributed by atoms with Crippen LogP contribution in [0.3, 0.4) is 0 Å². The molecule has 1 aliphatic carbocycles. The highest BCUT2D eigenvalue weighted by Crippen LogP contribution is 2.46. The smallest absolute Gasteiger partial charge is 0.253 e. The molecule has 6 heteroatoms. The molecule has 0 aromatic carbocycles. The number of aromatic nitrogens is 1. The predicted octanol–water partition coefficient (Wildman–Crippen LogP) is 2.74. The molecule has 6 nitrogen and oxygen atoms in total. The topological polar surface area (TPSA) is 62.7 Å². The van der Waals surface area contributed by atoms with Gasteiger partial charge in [-0.2, -0.15) is 0 Å². The van der Waals surface area contributed by atoms with E-state index in [0.717, 1.165) is 38.8 Å². The molecule has 1 aromatic rings. The van der Waals surface area contributed by atoms with Crippen LogP contribution in [0.4, 0.5) is 0 Å². The molecule has 3 heterocycles. The molecular formula is C22H31N3O3. The molecule has 3 fully saturated rings. The van der Waals surface area contributed by atoms with Crippen molar-refractivity contribution >= 4 is 11.8 Å². The number of pyridine rings is 1. The summed E-state index contributed by atoms with van der Waals surface area (Å²) < 4.78 is 5.77. The van der Waals surface area contributed by atoms with Crippen molar-refractivity contribution in [3.63, 3.8) is 0 Å². The third-order valence-electron chi connectivity index (χ3n) is 7.09. The average molecular weight is 386 g/mol. The maximum atomic E-state index is 13.2. The first-order valence-corrected chi connectivity index (χ1v) is 10.6. The fraction of sp³-hybridized carbons (Fsp3) is 0.682. The normalized spacial score (nSPS) is 28.7. The maximum absolute atomic E-state index is 13.2. The van der Waals surface area contributed by atoms with Crippen LogP contribution in [0.2, 0.25) is 0 Å². The van der Waals surface area contributed by atoms with E-state index in [1.54, 1.807) is 24.5 Å². The molecule has 0 bridgehead atoms. The highest BCUT2D eigenvalue weighted by Gasteiger charge is 2.47. The second kappa shape index (κ2) is 8.19. The summed E-state index contributed by atoms with van der Waals surface area (Å²) in [6.45, 7) is 3.02. The Balaban J connectivity index is 1.34. The lowest BCUT2D eigenvalue weighted by Gasteiger charge is -2.45. The molecule has 2 aliphatic heterocycles. The third-order valence-corrected chi connectivity index (χ3v) is 7.09. The number of hydrogen-bond donors (Lipinski definition) is 0. The van der Waals surface area contributed by atoms with Gasteiger partial charge >= 0.3 is 0 Å². The second-order valence-corrected chi connectivity index (χ2v) is 8.64. The van der Waals surface area contributed by atoms with Gasteiger partial charge in [0.2, 0.25) is 5.91 Å². The van der Waals surface area contributed by atoms with Crippen molar-refractivity contribution in [2.45, 2.75) is 51.0 Å². The van der Waals surface area contributed by atoms with Crippen molar-refractivity contribution in [1.29, 1.82) is 0 Å². The first-order chi connectivity index (χ1) is 13.6. The van der Waals surface area contributed by atoms with E-state index in [0.29, 0.717) is 24.8 Å². The van der Waals surface area contributed by atoms with Crippen LogP contribution < -0.4 is 0 Å². The second-order valence-electron chi connectivity index (χ2n) is 8.64. The number of carbonyl (C=O) groups is 2. The van der Waals surface area contributed by atoms with E-state index >= 15 is 0 Å². The van der Waals surface area contributed by atoms with E-state index in [-0.39, 0.29) is 23.1 Å². The molecule has 2 amide bonds. The van der Waals surface area contributed by atoms with Crippen molar-refractivity contribution in [3.05, 3.63) is 30.1 Å². The summed E-state index contributed by atoms with van der Waals surface area (Å²) in [7, 11) is 1.81. The number of hydrogen-bond acceptors (Lipinski definition) is 4. The van der Waals surface area contributed by atoms with E-state index in [2.05, 4.69) is 9.88 Å². The van der Waals surface area contributed by atoms with E-state index < -0.39 is 0 Å². The Labute approximate surface area is 167 Å². The summed E-state index contributed by atoms with van der Waals surface area (Å²) in [5.74, 6) is 0.370. The van der Waals surface area contributed by atoms with Crippen molar-refractivity contribution in [2.24, 2.45) is 11.3 Å². The van der Waals surface area contributed by atoms with Gasteiger partial charge in [0, 0.05) is 62.6 Å². The molecule has 0 radical (unpaired) electrons. The van der Waals surface area contributed by atoms with Gasteiger partial charge in [-0.1, -0.05) is 6.42 Å². The minimum absolute atomic E-state index is 0.0408. The molecule has 3 aliphatic rings. The Kier molecular flexibility index (Phi) is 5.67. The molecule has 1 aromatic heterocycles. The van der Waals surface area contributed by atoms with Gasteiger partial charge in [0.1, 0.15) is 0 Å². The summed E-state index contributed by atoms with van der Waals surface area (Å²) in [6.07, 6.45) is 10.8. The number of methoxy groups -OCH3 is 1. The van der Waals surface area contributed by atoms with E-state index in [1.165, 1.54) is 19.3 Å². The molecule has 1 saturated carbocycles. The van der Waals surface area contributed by atoms with Crippen molar-refractivity contribution in [1.82, 2.24) is 14.8 Å². The fourth-order valence-corrected chi connectivity index (χ4v) is 5.55. The average Bonchev–Trinajstić information content (AvgIpc) is 3.14. The Bertz CT molecular complexity index is 702. The molecule has 4 rings (SSSR count). The summed E-state index contributed by atoms with van der Waals surface area (Å²) in [4.78, 5) is 33.8. The number of nitrogens with zero attached hydrogens (tertiary/aromatic N) is 3. The monoisotopic (exact) mass is 385 g/mol. The Morgan fingerprint density at radius 2 is 1.75 bits per heavy atom. The number of ether oxygens (including phenoxy) is 1. The first-order valence-electron chi connectivity index (χ1n) is 10.6. The molecule has 0 unspecified atom stereocenters. The third kappa shape index (κ3) is 3.66. The number of amides is 2. The van der Waals surface area contributed by atoms with Crippen molar-refractivity contribution < 1.29 is 14.3 Å². The number of rotatable bonds is 3. The minimum Gasteiger partial charge on any atom is -0.381 e. The lowest BCUT2D eigenvalue weighted by Crippen LogP contribution is -2.52. The highest BCUT2D eigenvalue weighted by atomic mass is 16.5. The zero-order valence-electron chi connectivity index (χ0n) is 16.8. The number of carbonyl (C=O) groups excluding carboxylic acids is 2. The molecule has 2 saturated heterocycles. The van der Waals surface area contributed by atoms with Crippen LogP contribution in [0.15, 0.2) is 24.5 Å². The van der Waals surface area contributed by atoms with Crippen LogP contribution in [0, 0.1) is 11.3 Å². The summed E-state index contributed by atoms with van der Waals surface area (Å²) in [5.41, 5.74) is 0.838. The number of likely N-dealkylation sites (tertiary alicyclic amines) is 2.